The van der Waals surface area contributed by atoms with Crippen LogP contribution in [-0.2, 0) is 0 Å². The average molecular weight is 186 g/mol. The van der Waals surface area contributed by atoms with E-state index in [2.05, 4.69) is 32.5 Å². The molecule has 0 aromatic rings. The second kappa shape index (κ2) is 5.16. The van der Waals surface area contributed by atoms with Crippen LogP contribution in [0.3, 0.4) is 0 Å². The summed E-state index contributed by atoms with van der Waals surface area (Å²) in [6.07, 6.45) is 5.84. The molecule has 0 saturated heterocycles. The van der Waals surface area contributed by atoms with Gasteiger partial charge < -0.3 is 0 Å². The van der Waals surface area contributed by atoms with E-state index in [4.69, 9.17) is 0 Å². The second-order valence-electron chi connectivity index (χ2n) is 4.23. The van der Waals surface area contributed by atoms with Crippen LogP contribution in [0.1, 0.15) is 46.5 Å². The number of rotatable bonds is 2. The Morgan fingerprint density at radius 2 is 1.75 bits per heavy atom. The Balaban J connectivity index is 2.38. The highest BCUT2D eigenvalue weighted by molar-refractivity contribution is 7.99. The summed E-state index contributed by atoms with van der Waals surface area (Å²) in [7, 11) is 0. The molecule has 1 unspecified atom stereocenters. The van der Waals surface area contributed by atoms with Crippen molar-refractivity contribution < 1.29 is 0 Å². The first-order valence-corrected chi connectivity index (χ1v) is 6.40. The maximum Gasteiger partial charge on any atom is 0.00726 e. The van der Waals surface area contributed by atoms with Crippen LogP contribution in [0.2, 0.25) is 0 Å². The van der Waals surface area contributed by atoms with Gasteiger partial charge in [0.05, 0.1) is 0 Å². The smallest absolute Gasteiger partial charge is 0.00726 e. The first kappa shape index (κ1) is 10.4. The summed E-state index contributed by atoms with van der Waals surface area (Å²) in [5.41, 5.74) is 0. The molecule has 12 heavy (non-hydrogen) atoms. The first-order valence-electron chi connectivity index (χ1n) is 5.35. The average Bonchev–Trinajstić information content (AvgIpc) is 2.20. The van der Waals surface area contributed by atoms with E-state index in [9.17, 15) is 0 Å². The highest BCUT2D eigenvalue weighted by Gasteiger charge is 2.22. The van der Waals surface area contributed by atoms with Crippen molar-refractivity contribution in [1.82, 2.24) is 0 Å². The highest BCUT2D eigenvalue weighted by atomic mass is 32.2. The van der Waals surface area contributed by atoms with Crippen LogP contribution in [0.5, 0.6) is 0 Å². The lowest BCUT2D eigenvalue weighted by Crippen LogP contribution is -2.12. The number of hydrogen-bond acceptors (Lipinski definition) is 1. The summed E-state index contributed by atoms with van der Waals surface area (Å²) < 4.78 is 0. The van der Waals surface area contributed by atoms with Gasteiger partial charge in [0.15, 0.2) is 0 Å². The molecule has 0 amide bonds. The molecular formula is C11H22S. The molecule has 3 atom stereocenters. The molecule has 0 aliphatic heterocycles. The zero-order chi connectivity index (χ0) is 8.97. The van der Waals surface area contributed by atoms with Crippen LogP contribution in [-0.4, -0.2) is 11.0 Å². The van der Waals surface area contributed by atoms with Gasteiger partial charge >= 0.3 is 0 Å². The minimum Gasteiger partial charge on any atom is -0.159 e. The van der Waals surface area contributed by atoms with Gasteiger partial charge in [-0.3, -0.25) is 0 Å². The summed E-state index contributed by atoms with van der Waals surface area (Å²) in [5.74, 6) is 3.23. The molecule has 0 aromatic carbocycles. The molecule has 0 heterocycles. The van der Waals surface area contributed by atoms with Gasteiger partial charge in [-0.15, -0.1) is 0 Å². The fourth-order valence-corrected chi connectivity index (χ4v) is 3.27. The van der Waals surface area contributed by atoms with Crippen molar-refractivity contribution in [3.8, 4) is 0 Å². The number of hydrogen-bond donors (Lipinski definition) is 0. The van der Waals surface area contributed by atoms with Crippen molar-refractivity contribution in [2.45, 2.75) is 51.7 Å². The summed E-state index contributed by atoms with van der Waals surface area (Å²) in [6.45, 7) is 7.13. The fraction of sp³-hybridized carbons (Fsp3) is 1.00. The maximum absolute atomic E-state index is 2.44. The van der Waals surface area contributed by atoms with Crippen molar-refractivity contribution in [1.29, 1.82) is 0 Å². The minimum atomic E-state index is 0.958. The third-order valence-electron chi connectivity index (χ3n) is 3.07. The van der Waals surface area contributed by atoms with E-state index in [0.717, 1.165) is 17.1 Å². The Kier molecular flexibility index (Phi) is 4.49. The Morgan fingerprint density at radius 1 is 1.08 bits per heavy atom. The third-order valence-corrected chi connectivity index (χ3v) is 4.54. The topological polar surface area (TPSA) is 0 Å². The molecule has 0 N–H and O–H groups in total. The van der Waals surface area contributed by atoms with Crippen molar-refractivity contribution in [3.63, 3.8) is 0 Å². The first-order chi connectivity index (χ1) is 5.74. The van der Waals surface area contributed by atoms with Gasteiger partial charge in [-0.2, -0.15) is 11.8 Å². The molecule has 72 valence electrons. The molecule has 1 rings (SSSR count). The molecule has 0 radical (unpaired) electrons. The van der Waals surface area contributed by atoms with Crippen molar-refractivity contribution in [2.75, 3.05) is 5.75 Å². The molecule has 0 bridgehead atoms. The van der Waals surface area contributed by atoms with Crippen LogP contribution in [0.15, 0.2) is 0 Å². The largest absolute Gasteiger partial charge is 0.159 e. The monoisotopic (exact) mass is 186 g/mol. The predicted molar refractivity (Wildman–Crippen MR) is 58.7 cm³/mol. The lowest BCUT2D eigenvalue weighted by Gasteiger charge is -2.19. The molecule has 1 aliphatic carbocycles. The van der Waals surface area contributed by atoms with E-state index in [1.165, 1.54) is 31.4 Å². The standard InChI is InChI=1S/C11H22S/c1-4-12-11-8-6-9(2)5-7-10(11)3/h9-11H,4-8H2,1-3H3/t9-,10-,11?/m1/s1. The Morgan fingerprint density at radius 3 is 2.42 bits per heavy atom. The normalized spacial score (nSPS) is 37.8. The summed E-state index contributed by atoms with van der Waals surface area (Å²) in [4.78, 5) is 0. The second-order valence-corrected chi connectivity index (χ2v) is 5.75. The summed E-state index contributed by atoms with van der Waals surface area (Å²) in [6, 6.07) is 0. The van der Waals surface area contributed by atoms with Crippen LogP contribution < -0.4 is 0 Å². The molecule has 1 heteroatoms. The van der Waals surface area contributed by atoms with E-state index in [0.29, 0.717) is 0 Å². The van der Waals surface area contributed by atoms with Crippen LogP contribution in [0, 0.1) is 11.8 Å². The van der Waals surface area contributed by atoms with Crippen LogP contribution in [0.25, 0.3) is 0 Å². The fourth-order valence-electron chi connectivity index (χ4n) is 2.07. The summed E-state index contributed by atoms with van der Waals surface area (Å²) in [5, 5.41) is 0.958. The molecular weight excluding hydrogens is 164 g/mol. The van der Waals surface area contributed by atoms with Crippen LogP contribution in [0.4, 0.5) is 0 Å². The highest BCUT2D eigenvalue weighted by Crippen LogP contribution is 2.33. The molecule has 0 nitrogen and oxygen atoms in total. The minimum absolute atomic E-state index is 0.958. The molecule has 1 fully saturated rings. The third kappa shape index (κ3) is 3.01. The zero-order valence-electron chi connectivity index (χ0n) is 8.68. The van der Waals surface area contributed by atoms with Crippen molar-refractivity contribution in [2.24, 2.45) is 11.8 Å². The van der Waals surface area contributed by atoms with Gasteiger partial charge in [0, 0.05) is 5.25 Å². The van der Waals surface area contributed by atoms with E-state index < -0.39 is 0 Å². The zero-order valence-corrected chi connectivity index (χ0v) is 9.49. The van der Waals surface area contributed by atoms with Crippen molar-refractivity contribution in [3.05, 3.63) is 0 Å². The van der Waals surface area contributed by atoms with Gasteiger partial charge in [-0.25, -0.2) is 0 Å². The SMILES string of the molecule is CCSC1CC[C@H](C)CC[C@H]1C. The van der Waals surface area contributed by atoms with E-state index in [-0.39, 0.29) is 0 Å². The predicted octanol–water partition coefficient (Wildman–Crippen LogP) is 3.95. The van der Waals surface area contributed by atoms with E-state index in [1.807, 2.05) is 0 Å². The molecule has 0 spiro atoms. The Hall–Kier alpha value is 0.350. The van der Waals surface area contributed by atoms with Crippen LogP contribution >= 0.6 is 11.8 Å². The van der Waals surface area contributed by atoms with Gasteiger partial charge in [0.1, 0.15) is 0 Å². The molecule has 0 aromatic heterocycles. The number of thioether (sulfide) groups is 1. The quantitative estimate of drug-likeness (QED) is 0.588. The van der Waals surface area contributed by atoms with Crippen molar-refractivity contribution >= 4 is 11.8 Å². The van der Waals surface area contributed by atoms with Gasteiger partial charge in [-0.1, -0.05) is 27.2 Å². The lowest BCUT2D eigenvalue weighted by atomic mass is 10.0. The van der Waals surface area contributed by atoms with E-state index in [1.54, 1.807) is 0 Å². The van der Waals surface area contributed by atoms with Gasteiger partial charge in [0.25, 0.3) is 0 Å². The maximum atomic E-state index is 2.44. The van der Waals surface area contributed by atoms with Gasteiger partial charge in [-0.05, 0) is 36.9 Å². The Labute approximate surface area is 81.5 Å². The van der Waals surface area contributed by atoms with E-state index >= 15 is 0 Å². The van der Waals surface area contributed by atoms with Gasteiger partial charge in [0.2, 0.25) is 0 Å². The summed E-state index contributed by atoms with van der Waals surface area (Å²) >= 11 is 2.18. The molecule has 1 aliphatic rings. The molecule has 1 saturated carbocycles. The Bertz CT molecular complexity index is 122. The lowest BCUT2D eigenvalue weighted by molar-refractivity contribution is 0.479.